The van der Waals surface area contributed by atoms with Crippen molar-refractivity contribution in [2.24, 2.45) is 0 Å². The maximum absolute atomic E-state index is 12.0. The van der Waals surface area contributed by atoms with Gasteiger partial charge < -0.3 is 9.08 Å². The van der Waals surface area contributed by atoms with Crippen LogP contribution in [0.2, 0.25) is 0 Å². The van der Waals surface area contributed by atoms with Crippen LogP contribution in [-0.4, -0.2) is 32.0 Å². The first-order valence-electron chi connectivity index (χ1n) is 4.93. The summed E-state index contributed by atoms with van der Waals surface area (Å²) < 4.78 is 60.7. The van der Waals surface area contributed by atoms with Crippen LogP contribution in [0, 0.1) is 0 Å². The number of benzene rings is 1. The lowest BCUT2D eigenvalue weighted by atomic mass is 10.2. The molecule has 0 aromatic heterocycles. The average Bonchev–Trinajstić information content (AvgIpc) is 2.28. The summed E-state index contributed by atoms with van der Waals surface area (Å²) in [5.41, 5.74) is -5.01. The molecule has 0 saturated heterocycles. The van der Waals surface area contributed by atoms with Crippen LogP contribution in [0.4, 0.5) is 18.0 Å². The van der Waals surface area contributed by atoms with Gasteiger partial charge in [-0.3, -0.25) is 0 Å². The maximum Gasteiger partial charge on any atom is 0.534 e. The Balaban J connectivity index is 2.70. The summed E-state index contributed by atoms with van der Waals surface area (Å²) in [7, 11) is -4.80. The van der Waals surface area contributed by atoms with Gasteiger partial charge in [0.2, 0.25) is 0 Å². The molecule has 0 aliphatic heterocycles. The second-order valence-electron chi connectivity index (χ2n) is 3.59. The average molecular weight is 297 g/mol. The third-order valence-corrected chi connectivity index (χ3v) is 2.97. The lowest BCUT2D eigenvalue weighted by Crippen LogP contribution is -2.34. The van der Waals surface area contributed by atoms with Crippen molar-refractivity contribution in [3.8, 4) is 0 Å². The van der Waals surface area contributed by atoms with Crippen molar-refractivity contribution < 1.29 is 30.6 Å². The molecule has 0 spiro atoms. The van der Waals surface area contributed by atoms with E-state index in [1.165, 1.54) is 0 Å². The number of amides is 1. The predicted octanol–water partition coefficient (Wildman–Crippen LogP) is 2.10. The Morgan fingerprint density at radius 3 is 2.26 bits per heavy atom. The molecule has 1 amide bonds. The second-order valence-corrected chi connectivity index (χ2v) is 5.13. The number of nitrogens with zero attached hydrogens (tertiary/aromatic N) is 1. The van der Waals surface area contributed by atoms with Gasteiger partial charge in [0, 0.05) is 13.6 Å². The number of alkyl halides is 3. The molecule has 0 aliphatic rings. The van der Waals surface area contributed by atoms with Gasteiger partial charge in [-0.25, -0.2) is 4.79 Å². The van der Waals surface area contributed by atoms with Crippen LogP contribution in [0.3, 0.4) is 0 Å². The van der Waals surface area contributed by atoms with Gasteiger partial charge in [0.15, 0.2) is 0 Å². The van der Waals surface area contributed by atoms with Crippen LogP contribution in [0.25, 0.3) is 0 Å². The highest BCUT2D eigenvalue weighted by Crippen LogP contribution is 2.25. The quantitative estimate of drug-likeness (QED) is 0.633. The first-order chi connectivity index (χ1) is 8.63. The number of rotatable bonds is 3. The Morgan fingerprint density at radius 2 is 1.79 bits per heavy atom. The van der Waals surface area contributed by atoms with E-state index < -0.39 is 21.7 Å². The van der Waals surface area contributed by atoms with Crippen LogP contribution in [0.1, 0.15) is 5.56 Å². The number of halogens is 3. The smallest absolute Gasteiger partial charge is 0.321 e. The molecule has 0 heterocycles. The summed E-state index contributed by atoms with van der Waals surface area (Å²) in [5, 5.41) is 0. The van der Waals surface area contributed by atoms with Crippen molar-refractivity contribution in [1.82, 2.24) is 4.90 Å². The Morgan fingerprint density at radius 1 is 1.26 bits per heavy atom. The first kappa shape index (κ1) is 15.3. The van der Waals surface area contributed by atoms with E-state index in [1.54, 1.807) is 30.3 Å². The molecule has 0 aliphatic carbocycles. The highest BCUT2D eigenvalue weighted by molar-refractivity contribution is 7.88. The number of hydrogen-bond acceptors (Lipinski definition) is 4. The fraction of sp³-hybridized carbons (Fsp3) is 0.300. The number of carbonyl (C=O) groups is 1. The van der Waals surface area contributed by atoms with E-state index in [0.29, 0.717) is 5.56 Å². The van der Waals surface area contributed by atoms with Crippen molar-refractivity contribution in [2.75, 3.05) is 7.05 Å². The Hall–Kier alpha value is -1.77. The summed E-state index contributed by atoms with van der Waals surface area (Å²) >= 11 is 0. The largest absolute Gasteiger partial charge is 0.534 e. The molecule has 1 aromatic carbocycles. The van der Waals surface area contributed by atoms with Gasteiger partial charge in [-0.05, 0) is 5.56 Å². The minimum atomic E-state index is -5.93. The SMILES string of the molecule is CN(Cc1ccccc1)C(=O)OS(=O)(=O)C(F)(F)F. The van der Waals surface area contributed by atoms with Gasteiger partial charge >= 0.3 is 21.7 Å². The third-order valence-electron chi connectivity index (χ3n) is 2.04. The zero-order chi connectivity index (χ0) is 14.7. The molecule has 1 aromatic rings. The topological polar surface area (TPSA) is 63.7 Å². The molecule has 0 N–H and O–H groups in total. The lowest BCUT2D eigenvalue weighted by Gasteiger charge is -2.17. The van der Waals surface area contributed by atoms with E-state index in [4.69, 9.17) is 0 Å². The van der Waals surface area contributed by atoms with Crippen LogP contribution < -0.4 is 0 Å². The zero-order valence-electron chi connectivity index (χ0n) is 9.72. The predicted molar refractivity (Wildman–Crippen MR) is 59.4 cm³/mol. The van der Waals surface area contributed by atoms with Crippen molar-refractivity contribution >= 4 is 16.2 Å². The van der Waals surface area contributed by atoms with Crippen molar-refractivity contribution in [2.45, 2.75) is 12.1 Å². The van der Waals surface area contributed by atoms with Gasteiger partial charge in [-0.1, -0.05) is 30.3 Å². The Kier molecular flexibility index (Phi) is 4.40. The summed E-state index contributed by atoms with van der Waals surface area (Å²) in [6, 6.07) is 8.31. The summed E-state index contributed by atoms with van der Waals surface area (Å²) in [6.45, 7) is -0.0763. The second kappa shape index (κ2) is 5.47. The van der Waals surface area contributed by atoms with Gasteiger partial charge in [0.05, 0.1) is 0 Å². The fourth-order valence-electron chi connectivity index (χ4n) is 1.13. The molecule has 5 nitrogen and oxygen atoms in total. The molecular formula is C10H10F3NO4S. The molecule has 0 bridgehead atoms. The van der Waals surface area contributed by atoms with Gasteiger partial charge in [-0.15, -0.1) is 0 Å². The third kappa shape index (κ3) is 4.12. The highest BCUT2D eigenvalue weighted by atomic mass is 32.2. The molecule has 0 radical (unpaired) electrons. The molecule has 0 unspecified atom stereocenters. The number of hydrogen-bond donors (Lipinski definition) is 0. The van der Waals surface area contributed by atoms with E-state index in [-0.39, 0.29) is 6.54 Å². The molecule has 9 heteroatoms. The van der Waals surface area contributed by atoms with Crippen LogP contribution in [-0.2, 0) is 20.8 Å². The van der Waals surface area contributed by atoms with Gasteiger partial charge in [0.25, 0.3) is 0 Å². The molecule has 0 atom stereocenters. The molecular weight excluding hydrogens is 287 g/mol. The fourth-order valence-corrected chi connectivity index (χ4v) is 1.54. The van der Waals surface area contributed by atoms with E-state index in [2.05, 4.69) is 4.18 Å². The Labute approximate surface area is 107 Å². The normalized spacial score (nSPS) is 12.0. The van der Waals surface area contributed by atoms with E-state index in [9.17, 15) is 26.4 Å². The summed E-state index contributed by atoms with van der Waals surface area (Å²) in [6.07, 6.45) is -1.60. The minimum Gasteiger partial charge on any atom is -0.321 e. The van der Waals surface area contributed by atoms with Crippen LogP contribution in [0.5, 0.6) is 0 Å². The minimum absolute atomic E-state index is 0.0763. The lowest BCUT2D eigenvalue weighted by molar-refractivity contribution is -0.0522. The highest BCUT2D eigenvalue weighted by Gasteiger charge is 2.50. The monoisotopic (exact) mass is 297 g/mol. The standard InChI is InChI=1S/C10H10F3NO4S/c1-14(7-8-5-3-2-4-6-8)9(15)18-19(16,17)10(11,12)13/h2-6H,7H2,1H3. The first-order valence-corrected chi connectivity index (χ1v) is 6.34. The van der Waals surface area contributed by atoms with Crippen molar-refractivity contribution in [3.05, 3.63) is 35.9 Å². The molecule has 0 saturated carbocycles. The van der Waals surface area contributed by atoms with Crippen molar-refractivity contribution in [3.63, 3.8) is 0 Å². The molecule has 1 rings (SSSR count). The zero-order valence-corrected chi connectivity index (χ0v) is 10.5. The number of carbonyl (C=O) groups excluding carboxylic acids is 1. The molecule has 19 heavy (non-hydrogen) atoms. The van der Waals surface area contributed by atoms with Crippen molar-refractivity contribution in [1.29, 1.82) is 0 Å². The van der Waals surface area contributed by atoms with E-state index in [1.807, 2.05) is 0 Å². The Bertz CT molecular complexity index is 542. The van der Waals surface area contributed by atoms with Gasteiger partial charge in [0.1, 0.15) is 0 Å². The summed E-state index contributed by atoms with van der Waals surface area (Å²) in [4.78, 5) is 12.0. The van der Waals surface area contributed by atoms with Crippen LogP contribution in [0.15, 0.2) is 30.3 Å². The maximum atomic E-state index is 12.0. The molecule has 0 fully saturated rings. The molecule has 106 valence electrons. The van der Waals surface area contributed by atoms with Crippen LogP contribution >= 0.6 is 0 Å². The summed E-state index contributed by atoms with van der Waals surface area (Å²) in [5.74, 6) is 0. The van der Waals surface area contributed by atoms with Gasteiger partial charge in [-0.2, -0.15) is 21.6 Å². The van der Waals surface area contributed by atoms with E-state index >= 15 is 0 Å². The van der Waals surface area contributed by atoms with E-state index in [0.717, 1.165) is 11.9 Å².